The standard InChI is InChI=1S/C24H36N6S/c1-20(28-14-16-29(17-15-28)22-7-4-3-5-8-22)19-26-24(25-2)27-21-10-12-30(13-11-21)23-9-6-18-31-23/h3-9,18,20-21H,10-17,19H2,1-2H3,(H2,25,26,27). The molecule has 2 fully saturated rings. The van der Waals surface area contributed by atoms with Crippen LogP contribution in [0.1, 0.15) is 19.8 Å². The molecule has 0 bridgehead atoms. The Bertz CT molecular complexity index is 793. The highest BCUT2D eigenvalue weighted by Crippen LogP contribution is 2.24. The van der Waals surface area contributed by atoms with Crippen molar-refractivity contribution in [3.8, 4) is 0 Å². The molecule has 0 saturated carbocycles. The van der Waals surface area contributed by atoms with Crippen LogP contribution in [0, 0.1) is 0 Å². The fourth-order valence-corrected chi connectivity index (χ4v) is 5.30. The van der Waals surface area contributed by atoms with Crippen LogP contribution < -0.4 is 20.4 Å². The molecule has 168 valence electrons. The van der Waals surface area contributed by atoms with Gasteiger partial charge in [-0.2, -0.15) is 0 Å². The van der Waals surface area contributed by atoms with Gasteiger partial charge in [-0.3, -0.25) is 9.89 Å². The van der Waals surface area contributed by atoms with Crippen LogP contribution in [0.4, 0.5) is 10.7 Å². The largest absolute Gasteiger partial charge is 0.369 e. The second-order valence-electron chi connectivity index (χ2n) is 8.52. The summed E-state index contributed by atoms with van der Waals surface area (Å²) in [7, 11) is 1.87. The lowest BCUT2D eigenvalue weighted by atomic mass is 10.1. The van der Waals surface area contributed by atoms with Crippen molar-refractivity contribution in [2.75, 3.05) is 62.7 Å². The molecule has 0 aliphatic carbocycles. The van der Waals surface area contributed by atoms with Gasteiger partial charge >= 0.3 is 0 Å². The predicted molar refractivity (Wildman–Crippen MR) is 134 cm³/mol. The van der Waals surface area contributed by atoms with E-state index in [1.54, 1.807) is 0 Å². The van der Waals surface area contributed by atoms with Crippen LogP contribution in [-0.2, 0) is 0 Å². The number of anilines is 2. The Morgan fingerprint density at radius 1 is 1.00 bits per heavy atom. The van der Waals surface area contributed by atoms with E-state index in [-0.39, 0.29) is 0 Å². The molecule has 0 amide bonds. The highest BCUT2D eigenvalue weighted by molar-refractivity contribution is 7.14. The van der Waals surface area contributed by atoms with Gasteiger partial charge in [-0.15, -0.1) is 11.3 Å². The van der Waals surface area contributed by atoms with Gasteiger partial charge in [0.05, 0.1) is 5.00 Å². The first-order chi connectivity index (χ1) is 15.2. The third kappa shape index (κ3) is 5.92. The van der Waals surface area contributed by atoms with Crippen molar-refractivity contribution in [1.82, 2.24) is 15.5 Å². The van der Waals surface area contributed by atoms with Crippen LogP contribution in [0.15, 0.2) is 52.8 Å². The molecule has 4 rings (SSSR count). The van der Waals surface area contributed by atoms with Gasteiger partial charge in [-0.1, -0.05) is 18.2 Å². The van der Waals surface area contributed by atoms with Crippen molar-refractivity contribution in [3.63, 3.8) is 0 Å². The molecule has 6 nitrogen and oxygen atoms in total. The Labute approximate surface area is 191 Å². The van der Waals surface area contributed by atoms with Crippen LogP contribution in [0.2, 0.25) is 0 Å². The number of nitrogens with zero attached hydrogens (tertiary/aromatic N) is 4. The van der Waals surface area contributed by atoms with Gasteiger partial charge in [0.15, 0.2) is 5.96 Å². The molecule has 7 heteroatoms. The SMILES string of the molecule is CN=C(NCC(C)N1CCN(c2ccccc2)CC1)NC1CCN(c2cccs2)CC1. The third-order valence-corrected chi connectivity index (χ3v) is 7.43. The van der Waals surface area contributed by atoms with Crippen LogP contribution in [0.25, 0.3) is 0 Å². The number of thiophene rings is 1. The first-order valence-electron chi connectivity index (χ1n) is 11.5. The fraction of sp³-hybridized carbons (Fsp3) is 0.542. The predicted octanol–water partition coefficient (Wildman–Crippen LogP) is 3.09. The molecule has 2 N–H and O–H groups in total. The summed E-state index contributed by atoms with van der Waals surface area (Å²) in [6.45, 7) is 9.83. The molecule has 1 aromatic carbocycles. The Morgan fingerprint density at radius 3 is 2.39 bits per heavy atom. The quantitative estimate of drug-likeness (QED) is 0.534. The maximum Gasteiger partial charge on any atom is 0.191 e. The van der Waals surface area contributed by atoms with Gasteiger partial charge in [0.2, 0.25) is 0 Å². The molecular formula is C24H36N6S. The number of para-hydroxylation sites is 1. The topological polar surface area (TPSA) is 46.1 Å². The molecule has 0 spiro atoms. The molecule has 0 radical (unpaired) electrons. The van der Waals surface area contributed by atoms with Gasteiger partial charge < -0.3 is 20.4 Å². The summed E-state index contributed by atoms with van der Waals surface area (Å²) in [6, 6.07) is 16.1. The molecule has 31 heavy (non-hydrogen) atoms. The molecule has 1 aromatic heterocycles. The van der Waals surface area contributed by atoms with Gasteiger partial charge in [0.25, 0.3) is 0 Å². The lowest BCUT2D eigenvalue weighted by Gasteiger charge is -2.39. The summed E-state index contributed by atoms with van der Waals surface area (Å²) in [5.74, 6) is 0.935. The Morgan fingerprint density at radius 2 is 1.74 bits per heavy atom. The van der Waals surface area contributed by atoms with E-state index in [4.69, 9.17) is 0 Å². The van der Waals surface area contributed by atoms with Crippen molar-refractivity contribution in [2.24, 2.45) is 4.99 Å². The lowest BCUT2D eigenvalue weighted by Crippen LogP contribution is -2.54. The van der Waals surface area contributed by atoms with E-state index in [1.165, 1.54) is 10.7 Å². The zero-order valence-electron chi connectivity index (χ0n) is 18.8. The zero-order chi connectivity index (χ0) is 21.5. The maximum atomic E-state index is 4.48. The normalized spacial score (nSPS) is 20.0. The number of rotatable bonds is 6. The maximum absolute atomic E-state index is 4.48. The molecule has 2 saturated heterocycles. The minimum absolute atomic E-state index is 0.483. The summed E-state index contributed by atoms with van der Waals surface area (Å²) in [6.07, 6.45) is 2.30. The van der Waals surface area contributed by atoms with Gasteiger partial charge in [-0.25, -0.2) is 0 Å². The molecular weight excluding hydrogens is 404 g/mol. The minimum Gasteiger partial charge on any atom is -0.369 e. The average Bonchev–Trinajstić information content (AvgIpc) is 3.38. The number of guanidine groups is 1. The molecule has 1 unspecified atom stereocenters. The number of piperazine rings is 1. The van der Waals surface area contributed by atoms with E-state index in [9.17, 15) is 0 Å². The third-order valence-electron chi connectivity index (χ3n) is 6.50. The number of hydrogen-bond acceptors (Lipinski definition) is 5. The first-order valence-corrected chi connectivity index (χ1v) is 12.4. The fourth-order valence-electron chi connectivity index (χ4n) is 4.52. The summed E-state index contributed by atoms with van der Waals surface area (Å²) < 4.78 is 0. The van der Waals surface area contributed by atoms with Crippen LogP contribution in [-0.4, -0.2) is 75.8 Å². The van der Waals surface area contributed by atoms with Gasteiger partial charge in [-0.05, 0) is 49.4 Å². The van der Waals surface area contributed by atoms with Crippen molar-refractivity contribution >= 4 is 28.0 Å². The Hall–Kier alpha value is -2.25. The van der Waals surface area contributed by atoms with E-state index in [1.807, 2.05) is 18.4 Å². The minimum atomic E-state index is 0.483. The Balaban J connectivity index is 1.17. The highest BCUT2D eigenvalue weighted by atomic mass is 32.1. The molecule has 2 aromatic rings. The Kier molecular flexibility index (Phi) is 7.70. The van der Waals surface area contributed by atoms with E-state index < -0.39 is 0 Å². The zero-order valence-corrected chi connectivity index (χ0v) is 19.7. The van der Waals surface area contributed by atoms with Crippen molar-refractivity contribution < 1.29 is 0 Å². The molecule has 2 aliphatic heterocycles. The summed E-state index contributed by atoms with van der Waals surface area (Å²) in [5.41, 5.74) is 1.34. The number of piperidine rings is 1. The molecule has 1 atom stereocenters. The smallest absolute Gasteiger partial charge is 0.191 e. The number of benzene rings is 1. The van der Waals surface area contributed by atoms with Crippen molar-refractivity contribution in [2.45, 2.75) is 31.8 Å². The highest BCUT2D eigenvalue weighted by Gasteiger charge is 2.23. The lowest BCUT2D eigenvalue weighted by molar-refractivity contribution is 0.197. The summed E-state index contributed by atoms with van der Waals surface area (Å²) in [4.78, 5) is 12.0. The first kappa shape index (κ1) is 22.0. The number of nitrogens with one attached hydrogen (secondary N) is 2. The summed E-state index contributed by atoms with van der Waals surface area (Å²) >= 11 is 1.83. The summed E-state index contributed by atoms with van der Waals surface area (Å²) in [5, 5.41) is 10.8. The average molecular weight is 441 g/mol. The number of hydrogen-bond donors (Lipinski definition) is 2. The van der Waals surface area contributed by atoms with Gasteiger partial charge in [0.1, 0.15) is 0 Å². The van der Waals surface area contributed by atoms with Gasteiger partial charge in [0, 0.05) is 70.6 Å². The second-order valence-corrected chi connectivity index (χ2v) is 9.44. The van der Waals surface area contributed by atoms with Crippen LogP contribution >= 0.6 is 11.3 Å². The van der Waals surface area contributed by atoms with E-state index >= 15 is 0 Å². The van der Waals surface area contributed by atoms with E-state index in [0.29, 0.717) is 12.1 Å². The van der Waals surface area contributed by atoms with Crippen molar-refractivity contribution in [3.05, 3.63) is 47.8 Å². The number of aliphatic imine (C=N–C) groups is 1. The monoisotopic (exact) mass is 440 g/mol. The van der Waals surface area contributed by atoms with Crippen LogP contribution in [0.5, 0.6) is 0 Å². The molecule has 3 heterocycles. The molecule has 2 aliphatic rings. The van der Waals surface area contributed by atoms with Crippen molar-refractivity contribution in [1.29, 1.82) is 0 Å². The van der Waals surface area contributed by atoms with E-state index in [2.05, 4.69) is 85.1 Å². The second kappa shape index (κ2) is 10.9. The van der Waals surface area contributed by atoms with E-state index in [0.717, 1.165) is 64.6 Å². The van der Waals surface area contributed by atoms with Crippen LogP contribution in [0.3, 0.4) is 0 Å².